The molecule has 0 saturated heterocycles. The summed E-state index contributed by atoms with van der Waals surface area (Å²) < 4.78 is 5.76. The number of ether oxygens (including phenoxy) is 1. The Hall–Kier alpha value is -2.55. The quantitative estimate of drug-likeness (QED) is 0.725. The molecule has 0 radical (unpaired) electrons. The third-order valence-corrected chi connectivity index (χ3v) is 2.93. The van der Waals surface area contributed by atoms with Gasteiger partial charge in [0.15, 0.2) is 0 Å². The van der Waals surface area contributed by atoms with Crippen LogP contribution in [0.15, 0.2) is 60.8 Å². The first kappa shape index (κ1) is 11.5. The Morgan fingerprint density at radius 1 is 1.00 bits per heavy atom. The van der Waals surface area contributed by atoms with Crippen molar-refractivity contribution in [1.29, 1.82) is 0 Å². The van der Waals surface area contributed by atoms with Crippen LogP contribution in [-0.2, 0) is 6.61 Å². The van der Waals surface area contributed by atoms with E-state index in [0.29, 0.717) is 6.61 Å². The van der Waals surface area contributed by atoms with Gasteiger partial charge in [-0.05, 0) is 35.9 Å². The van der Waals surface area contributed by atoms with Crippen molar-refractivity contribution in [3.8, 4) is 5.75 Å². The Balaban J connectivity index is 1.78. The summed E-state index contributed by atoms with van der Waals surface area (Å²) in [7, 11) is 0. The van der Waals surface area contributed by atoms with Crippen LogP contribution < -0.4 is 10.5 Å². The minimum Gasteiger partial charge on any atom is -0.489 e. The highest BCUT2D eigenvalue weighted by atomic mass is 16.5. The maximum atomic E-state index is 5.76. The third-order valence-electron chi connectivity index (χ3n) is 2.93. The zero-order valence-electron chi connectivity index (χ0n) is 10.4. The first-order valence-corrected chi connectivity index (χ1v) is 6.13. The Morgan fingerprint density at radius 2 is 1.95 bits per heavy atom. The molecule has 0 amide bonds. The maximum absolute atomic E-state index is 5.76. The summed E-state index contributed by atoms with van der Waals surface area (Å²) in [4.78, 5) is 4.31. The first-order chi connectivity index (χ1) is 9.31. The van der Waals surface area contributed by atoms with Gasteiger partial charge in [0.05, 0.1) is 5.52 Å². The number of aromatic nitrogens is 1. The van der Waals surface area contributed by atoms with E-state index in [1.165, 1.54) is 0 Å². The van der Waals surface area contributed by atoms with E-state index in [-0.39, 0.29) is 0 Å². The van der Waals surface area contributed by atoms with Crippen molar-refractivity contribution in [1.82, 2.24) is 4.98 Å². The number of nitrogen functional groups attached to an aromatic ring is 1. The van der Waals surface area contributed by atoms with Crippen molar-refractivity contribution in [3.63, 3.8) is 0 Å². The highest BCUT2D eigenvalue weighted by molar-refractivity contribution is 5.79. The van der Waals surface area contributed by atoms with Crippen LogP contribution >= 0.6 is 0 Å². The van der Waals surface area contributed by atoms with Gasteiger partial charge >= 0.3 is 0 Å². The zero-order chi connectivity index (χ0) is 13.1. The molecular weight excluding hydrogens is 236 g/mol. The molecule has 1 heterocycles. The standard InChI is InChI=1S/C16H14N2O/c17-14-5-1-3-12(9-14)11-19-15-7-6-13-4-2-8-18-16(13)10-15/h1-10H,11,17H2. The van der Waals surface area contributed by atoms with Crippen LogP contribution in [0.25, 0.3) is 10.9 Å². The second-order valence-corrected chi connectivity index (χ2v) is 4.39. The average molecular weight is 250 g/mol. The lowest BCUT2D eigenvalue weighted by Crippen LogP contribution is -1.96. The molecule has 0 bridgehead atoms. The zero-order valence-corrected chi connectivity index (χ0v) is 10.4. The second kappa shape index (κ2) is 4.98. The average Bonchev–Trinajstić information content (AvgIpc) is 2.45. The van der Waals surface area contributed by atoms with Gasteiger partial charge in [-0.1, -0.05) is 18.2 Å². The highest BCUT2D eigenvalue weighted by Gasteiger charge is 1.99. The molecule has 3 nitrogen and oxygen atoms in total. The van der Waals surface area contributed by atoms with Gasteiger partial charge < -0.3 is 10.5 Å². The fourth-order valence-electron chi connectivity index (χ4n) is 1.99. The molecule has 1 aromatic heterocycles. The Labute approximate surface area is 111 Å². The molecule has 0 spiro atoms. The number of hydrogen-bond donors (Lipinski definition) is 1. The van der Waals surface area contributed by atoms with Crippen LogP contribution in [0.4, 0.5) is 5.69 Å². The van der Waals surface area contributed by atoms with Crippen molar-refractivity contribution in [2.75, 3.05) is 5.73 Å². The summed E-state index contributed by atoms with van der Waals surface area (Å²) in [6.45, 7) is 0.503. The topological polar surface area (TPSA) is 48.1 Å². The fraction of sp³-hybridized carbons (Fsp3) is 0.0625. The second-order valence-electron chi connectivity index (χ2n) is 4.39. The number of nitrogens with two attached hydrogens (primary N) is 1. The predicted molar refractivity (Wildman–Crippen MR) is 76.9 cm³/mol. The van der Waals surface area contributed by atoms with Crippen LogP contribution in [0.1, 0.15) is 5.56 Å². The van der Waals surface area contributed by atoms with Gasteiger partial charge in [0.2, 0.25) is 0 Å². The first-order valence-electron chi connectivity index (χ1n) is 6.13. The molecule has 0 unspecified atom stereocenters. The van der Waals surface area contributed by atoms with Crippen LogP contribution in [0, 0.1) is 0 Å². The lowest BCUT2D eigenvalue weighted by molar-refractivity contribution is 0.306. The normalized spacial score (nSPS) is 10.5. The molecule has 0 aliphatic carbocycles. The number of hydrogen-bond acceptors (Lipinski definition) is 3. The molecule has 3 heteroatoms. The van der Waals surface area contributed by atoms with Gasteiger partial charge in [0, 0.05) is 23.3 Å². The molecule has 2 aromatic carbocycles. The molecule has 0 aliphatic rings. The van der Waals surface area contributed by atoms with Gasteiger partial charge in [0.1, 0.15) is 12.4 Å². The number of pyridine rings is 1. The summed E-state index contributed by atoms with van der Waals surface area (Å²) >= 11 is 0. The Morgan fingerprint density at radius 3 is 2.84 bits per heavy atom. The Kier molecular flexibility index (Phi) is 3.02. The van der Waals surface area contributed by atoms with E-state index >= 15 is 0 Å². The number of fused-ring (bicyclic) bond motifs is 1. The monoisotopic (exact) mass is 250 g/mol. The van der Waals surface area contributed by atoms with Crippen LogP contribution in [0.5, 0.6) is 5.75 Å². The summed E-state index contributed by atoms with van der Waals surface area (Å²) in [5, 5.41) is 1.11. The van der Waals surface area contributed by atoms with Crippen molar-refractivity contribution >= 4 is 16.6 Å². The van der Waals surface area contributed by atoms with Gasteiger partial charge in [-0.2, -0.15) is 0 Å². The molecule has 3 rings (SSSR count). The molecule has 94 valence electrons. The number of anilines is 1. The molecule has 2 N–H and O–H groups in total. The summed E-state index contributed by atoms with van der Waals surface area (Å²) in [5.41, 5.74) is 8.48. The van der Waals surface area contributed by atoms with Gasteiger partial charge in [-0.15, -0.1) is 0 Å². The molecule has 0 saturated carbocycles. The minimum atomic E-state index is 0.503. The SMILES string of the molecule is Nc1cccc(COc2ccc3cccnc3c2)c1. The summed E-state index contributed by atoms with van der Waals surface area (Å²) in [6.07, 6.45) is 1.78. The largest absolute Gasteiger partial charge is 0.489 e. The number of nitrogens with zero attached hydrogens (tertiary/aromatic N) is 1. The highest BCUT2D eigenvalue weighted by Crippen LogP contribution is 2.20. The summed E-state index contributed by atoms with van der Waals surface area (Å²) in [6, 6.07) is 17.6. The van der Waals surface area contributed by atoms with Crippen LogP contribution in [0.2, 0.25) is 0 Å². The molecule has 19 heavy (non-hydrogen) atoms. The van der Waals surface area contributed by atoms with Gasteiger partial charge in [-0.3, -0.25) is 4.98 Å². The van der Waals surface area contributed by atoms with Crippen molar-refractivity contribution in [2.24, 2.45) is 0 Å². The number of benzene rings is 2. The van der Waals surface area contributed by atoms with E-state index in [0.717, 1.165) is 27.9 Å². The minimum absolute atomic E-state index is 0.503. The van der Waals surface area contributed by atoms with E-state index in [9.17, 15) is 0 Å². The van der Waals surface area contributed by atoms with Gasteiger partial charge in [0.25, 0.3) is 0 Å². The Bertz CT molecular complexity index is 710. The van der Waals surface area contributed by atoms with E-state index in [4.69, 9.17) is 10.5 Å². The molecular formula is C16H14N2O. The van der Waals surface area contributed by atoms with E-state index < -0.39 is 0 Å². The third kappa shape index (κ3) is 2.65. The van der Waals surface area contributed by atoms with Crippen molar-refractivity contribution in [2.45, 2.75) is 6.61 Å². The fourth-order valence-corrected chi connectivity index (χ4v) is 1.99. The van der Waals surface area contributed by atoms with E-state index in [2.05, 4.69) is 4.98 Å². The molecule has 0 aliphatic heterocycles. The lowest BCUT2D eigenvalue weighted by Gasteiger charge is -2.07. The van der Waals surface area contributed by atoms with Crippen molar-refractivity contribution in [3.05, 3.63) is 66.4 Å². The smallest absolute Gasteiger partial charge is 0.122 e. The van der Waals surface area contributed by atoms with Crippen LogP contribution in [0.3, 0.4) is 0 Å². The van der Waals surface area contributed by atoms with Crippen molar-refractivity contribution < 1.29 is 4.74 Å². The number of rotatable bonds is 3. The van der Waals surface area contributed by atoms with E-state index in [1.807, 2.05) is 54.6 Å². The molecule has 3 aromatic rings. The molecule has 0 atom stereocenters. The van der Waals surface area contributed by atoms with E-state index in [1.54, 1.807) is 6.20 Å². The summed E-state index contributed by atoms with van der Waals surface area (Å²) in [5.74, 6) is 0.814. The molecule has 0 fully saturated rings. The maximum Gasteiger partial charge on any atom is 0.122 e. The lowest BCUT2D eigenvalue weighted by atomic mass is 10.2. The van der Waals surface area contributed by atoms with Crippen LogP contribution in [-0.4, -0.2) is 4.98 Å². The van der Waals surface area contributed by atoms with Gasteiger partial charge in [-0.25, -0.2) is 0 Å². The predicted octanol–water partition coefficient (Wildman–Crippen LogP) is 3.40.